The van der Waals surface area contributed by atoms with Gasteiger partial charge in [0.25, 0.3) is 11.5 Å². The van der Waals surface area contributed by atoms with Crippen LogP contribution in [0.5, 0.6) is 0 Å². The van der Waals surface area contributed by atoms with Crippen LogP contribution in [-0.2, 0) is 25.7 Å². The molecule has 4 fully saturated rings. The molecule has 4 aliphatic carbocycles. The number of esters is 1. The summed E-state index contributed by atoms with van der Waals surface area (Å²) in [5.74, 6) is -0.341. The summed E-state index contributed by atoms with van der Waals surface area (Å²) in [6.45, 7) is 1.59. The minimum absolute atomic E-state index is 0.0228. The summed E-state index contributed by atoms with van der Waals surface area (Å²) in [4.78, 5) is 64.9. The molecule has 248 valence electrons. The SMILES string of the molecule is COC(=O)/C=C/CC[C@H](NC(=O)c1oc2ccccc2c1C)C(=O)Nc1cccn(CC(=O)NC2C3CC4CC2CC(Br)(C4)C3)c1=O. The van der Waals surface area contributed by atoms with Gasteiger partial charge < -0.3 is 29.7 Å². The summed E-state index contributed by atoms with van der Waals surface area (Å²) in [5, 5.41) is 9.37. The average molecular weight is 708 g/mol. The molecule has 0 radical (unpaired) electrons. The van der Waals surface area contributed by atoms with Crippen molar-refractivity contribution >= 4 is 56.3 Å². The van der Waals surface area contributed by atoms with Gasteiger partial charge in [0.05, 0.1) is 7.11 Å². The molecule has 3 amide bonds. The predicted molar refractivity (Wildman–Crippen MR) is 179 cm³/mol. The molecule has 0 aliphatic heterocycles. The van der Waals surface area contributed by atoms with Crippen LogP contribution in [-0.4, -0.2) is 51.8 Å². The Bertz CT molecular complexity index is 1780. The number of hydrogen-bond donors (Lipinski definition) is 3. The first-order chi connectivity index (χ1) is 22.5. The molecule has 4 aliphatic rings. The molecule has 3 N–H and O–H groups in total. The maximum absolute atomic E-state index is 13.5. The van der Waals surface area contributed by atoms with Crippen molar-refractivity contribution in [2.24, 2.45) is 17.8 Å². The molecule has 2 aromatic heterocycles. The standard InChI is InChI=1S/C35H39BrN4O7/c1-20-24-8-3-5-11-27(24)47-31(20)33(44)37-25(9-4-6-12-29(42)46-2)32(43)38-26-10-7-13-40(34(26)45)19-28(41)39-30-22-14-21-15-23(30)18-35(36,16-21)17-22/h3,5-8,10-13,21-23,25,30H,4,9,14-19H2,1-2H3,(H,37,44)(H,38,43)(H,39,41)/b12-6+/t21?,22?,23?,25-,30?,35?/m0/s1. The summed E-state index contributed by atoms with van der Waals surface area (Å²) in [7, 11) is 1.26. The number of anilines is 1. The normalized spacial score (nSPS) is 25.1. The lowest BCUT2D eigenvalue weighted by molar-refractivity contribution is -0.134. The summed E-state index contributed by atoms with van der Waals surface area (Å²) >= 11 is 3.97. The molecular weight excluding hydrogens is 668 g/mol. The van der Waals surface area contributed by atoms with E-state index in [2.05, 4.69) is 36.6 Å². The Kier molecular flexibility index (Phi) is 9.41. The Hall–Kier alpha value is -4.19. The zero-order valence-electron chi connectivity index (χ0n) is 26.4. The highest BCUT2D eigenvalue weighted by Gasteiger charge is 2.54. The van der Waals surface area contributed by atoms with Crippen LogP contribution in [0, 0.1) is 24.7 Å². The van der Waals surface area contributed by atoms with Crippen molar-refractivity contribution in [3.8, 4) is 0 Å². The van der Waals surface area contributed by atoms with E-state index < -0.39 is 29.4 Å². The van der Waals surface area contributed by atoms with E-state index in [1.807, 2.05) is 12.1 Å². The van der Waals surface area contributed by atoms with E-state index in [0.29, 0.717) is 28.9 Å². The van der Waals surface area contributed by atoms with Crippen LogP contribution in [0.15, 0.2) is 64.0 Å². The van der Waals surface area contributed by atoms with Gasteiger partial charge in [0.2, 0.25) is 11.8 Å². The summed E-state index contributed by atoms with van der Waals surface area (Å²) < 4.78 is 11.9. The molecule has 12 heteroatoms. The fourth-order valence-electron chi connectivity index (χ4n) is 7.92. The number of hydrogen-bond acceptors (Lipinski definition) is 7. The molecule has 2 unspecified atom stereocenters. The molecule has 47 heavy (non-hydrogen) atoms. The van der Waals surface area contributed by atoms with Crippen molar-refractivity contribution in [1.82, 2.24) is 15.2 Å². The van der Waals surface area contributed by atoms with Gasteiger partial charge in [-0.15, -0.1) is 0 Å². The number of nitrogens with zero attached hydrogens (tertiary/aromatic N) is 1. The molecule has 4 saturated carbocycles. The molecule has 2 heterocycles. The molecule has 0 saturated heterocycles. The third kappa shape index (κ3) is 7.07. The number of aryl methyl sites for hydroxylation is 1. The zero-order valence-corrected chi connectivity index (χ0v) is 28.0. The Balaban J connectivity index is 1.13. The lowest BCUT2D eigenvalue weighted by Crippen LogP contribution is -2.60. The highest BCUT2D eigenvalue weighted by atomic mass is 79.9. The fraction of sp³-hybridized carbons (Fsp3) is 0.457. The number of nitrogens with one attached hydrogen (secondary N) is 3. The van der Waals surface area contributed by atoms with Gasteiger partial charge in [-0.2, -0.15) is 0 Å². The number of benzene rings is 1. The smallest absolute Gasteiger partial charge is 0.330 e. The maximum Gasteiger partial charge on any atom is 0.330 e. The average Bonchev–Trinajstić information content (AvgIpc) is 3.37. The van der Waals surface area contributed by atoms with Crippen LogP contribution in [0.1, 0.15) is 61.1 Å². The number of ether oxygens (including phenoxy) is 1. The Labute approximate surface area is 280 Å². The largest absolute Gasteiger partial charge is 0.466 e. The first-order valence-electron chi connectivity index (χ1n) is 16.1. The summed E-state index contributed by atoms with van der Waals surface area (Å²) in [6.07, 6.45) is 10.2. The van der Waals surface area contributed by atoms with Crippen molar-refractivity contribution in [2.45, 2.75) is 74.8 Å². The van der Waals surface area contributed by atoms with E-state index in [4.69, 9.17) is 4.42 Å². The van der Waals surface area contributed by atoms with Crippen LogP contribution >= 0.6 is 15.9 Å². The first-order valence-corrected chi connectivity index (χ1v) is 16.8. The Morgan fingerprint density at radius 3 is 2.55 bits per heavy atom. The van der Waals surface area contributed by atoms with E-state index >= 15 is 0 Å². The van der Waals surface area contributed by atoms with Gasteiger partial charge in [0.15, 0.2) is 5.76 Å². The number of carbonyl (C=O) groups is 4. The lowest BCUT2D eigenvalue weighted by Gasteiger charge is -2.58. The molecule has 0 spiro atoms. The number of carbonyl (C=O) groups excluding carboxylic acids is 4. The minimum Gasteiger partial charge on any atom is -0.466 e. The van der Waals surface area contributed by atoms with E-state index in [0.717, 1.165) is 31.1 Å². The molecule has 7 rings (SSSR count). The van der Waals surface area contributed by atoms with Gasteiger partial charge in [-0.1, -0.05) is 40.2 Å². The van der Waals surface area contributed by atoms with Crippen LogP contribution < -0.4 is 21.5 Å². The van der Waals surface area contributed by atoms with Crippen molar-refractivity contribution < 1.29 is 28.3 Å². The van der Waals surface area contributed by atoms with Gasteiger partial charge in [0, 0.05) is 33.6 Å². The molecule has 4 bridgehead atoms. The number of furan rings is 1. The number of pyridine rings is 1. The van der Waals surface area contributed by atoms with Crippen LogP contribution in [0.2, 0.25) is 0 Å². The molecule has 3 aromatic rings. The monoisotopic (exact) mass is 706 g/mol. The maximum atomic E-state index is 13.5. The second-order valence-corrected chi connectivity index (χ2v) is 14.8. The van der Waals surface area contributed by atoms with Crippen LogP contribution in [0.25, 0.3) is 11.0 Å². The van der Waals surface area contributed by atoms with Gasteiger partial charge in [-0.3, -0.25) is 19.2 Å². The topological polar surface area (TPSA) is 149 Å². The van der Waals surface area contributed by atoms with E-state index in [1.165, 1.54) is 36.4 Å². The number of para-hydroxylation sites is 1. The van der Waals surface area contributed by atoms with Crippen molar-refractivity contribution in [2.75, 3.05) is 12.4 Å². The van der Waals surface area contributed by atoms with Gasteiger partial charge >= 0.3 is 5.97 Å². The highest BCUT2D eigenvalue weighted by Crippen LogP contribution is 2.59. The minimum atomic E-state index is -1.08. The lowest BCUT2D eigenvalue weighted by atomic mass is 9.54. The third-order valence-corrected chi connectivity index (χ3v) is 10.8. The highest BCUT2D eigenvalue weighted by molar-refractivity contribution is 9.10. The van der Waals surface area contributed by atoms with Crippen molar-refractivity contribution in [1.29, 1.82) is 0 Å². The summed E-state index contributed by atoms with van der Waals surface area (Å²) in [5.41, 5.74) is 0.614. The number of halogens is 1. The zero-order chi connectivity index (χ0) is 33.3. The predicted octanol–water partition coefficient (Wildman–Crippen LogP) is 4.61. The third-order valence-electron chi connectivity index (χ3n) is 9.87. The molecule has 11 nitrogen and oxygen atoms in total. The van der Waals surface area contributed by atoms with E-state index in [1.54, 1.807) is 31.2 Å². The number of aromatic nitrogens is 1. The molecule has 1 aromatic carbocycles. The second-order valence-electron chi connectivity index (χ2n) is 13.1. The van der Waals surface area contributed by atoms with Crippen molar-refractivity contribution in [3.05, 3.63) is 76.4 Å². The van der Waals surface area contributed by atoms with Gasteiger partial charge in [-0.05, 0) is 87.8 Å². The quantitative estimate of drug-likeness (QED) is 0.150. The Morgan fingerprint density at radius 1 is 1.11 bits per heavy atom. The Morgan fingerprint density at radius 2 is 1.85 bits per heavy atom. The van der Waals surface area contributed by atoms with E-state index in [9.17, 15) is 24.0 Å². The van der Waals surface area contributed by atoms with Crippen LogP contribution in [0.4, 0.5) is 5.69 Å². The number of rotatable bonds is 11. The number of alkyl halides is 1. The number of amides is 3. The second kappa shape index (κ2) is 13.5. The first kappa shape index (κ1) is 32.7. The van der Waals surface area contributed by atoms with Crippen molar-refractivity contribution in [3.63, 3.8) is 0 Å². The van der Waals surface area contributed by atoms with Gasteiger partial charge in [0.1, 0.15) is 23.9 Å². The summed E-state index contributed by atoms with van der Waals surface area (Å²) in [6, 6.07) is 9.31. The molecule has 3 atom stereocenters. The van der Waals surface area contributed by atoms with Gasteiger partial charge in [-0.25, -0.2) is 4.79 Å². The molecular formula is C35H39BrN4O7. The van der Waals surface area contributed by atoms with Crippen LogP contribution in [0.3, 0.4) is 0 Å². The number of fused-ring (bicyclic) bond motifs is 1. The fourth-order valence-corrected chi connectivity index (χ4v) is 9.21. The van der Waals surface area contributed by atoms with E-state index in [-0.39, 0.29) is 47.1 Å². The number of allylic oxidation sites excluding steroid dienone is 1. The number of methoxy groups -OCH3 is 1.